The van der Waals surface area contributed by atoms with Crippen LogP contribution in [0.1, 0.15) is 17.3 Å². The summed E-state index contributed by atoms with van der Waals surface area (Å²) in [5.41, 5.74) is 1.25. The van der Waals surface area contributed by atoms with E-state index < -0.39 is 10.0 Å². The first-order valence-corrected chi connectivity index (χ1v) is 10.3. The zero-order valence-electron chi connectivity index (χ0n) is 13.5. The summed E-state index contributed by atoms with van der Waals surface area (Å²) < 4.78 is 31.8. The van der Waals surface area contributed by atoms with E-state index in [0.29, 0.717) is 27.7 Å². The third kappa shape index (κ3) is 5.23. The number of rotatable bonds is 6. The smallest absolute Gasteiger partial charge is 0.255 e. The molecule has 0 fully saturated rings. The lowest BCUT2D eigenvalue weighted by molar-refractivity contribution is 0.102. The lowest BCUT2D eigenvalue weighted by atomic mass is 10.2. The zero-order chi connectivity index (χ0) is 18.6. The Morgan fingerprint density at radius 2 is 1.96 bits per heavy atom. The molecule has 9 heteroatoms. The van der Waals surface area contributed by atoms with Gasteiger partial charge in [0.15, 0.2) is 0 Å². The van der Waals surface area contributed by atoms with Crippen molar-refractivity contribution in [2.75, 3.05) is 22.9 Å². The molecular weight excluding hydrogens is 479 g/mol. The normalized spacial score (nSPS) is 11.0. The third-order valence-electron chi connectivity index (χ3n) is 3.29. The van der Waals surface area contributed by atoms with Gasteiger partial charge in [-0.3, -0.25) is 9.52 Å². The third-order valence-corrected chi connectivity index (χ3v) is 6.12. The van der Waals surface area contributed by atoms with E-state index in [-0.39, 0.29) is 11.7 Å². The maximum Gasteiger partial charge on any atom is 0.255 e. The summed E-state index contributed by atoms with van der Waals surface area (Å²) in [4.78, 5) is 12.3. The van der Waals surface area contributed by atoms with Crippen LogP contribution in [0.4, 0.5) is 11.4 Å². The van der Waals surface area contributed by atoms with Crippen LogP contribution in [0.15, 0.2) is 36.4 Å². The van der Waals surface area contributed by atoms with Gasteiger partial charge in [-0.25, -0.2) is 8.42 Å². The number of sulfonamides is 1. The van der Waals surface area contributed by atoms with Gasteiger partial charge < -0.3 is 10.1 Å². The zero-order valence-corrected chi connectivity index (χ0v) is 17.2. The number of carbonyl (C=O) groups excluding carboxylic acids is 1. The van der Waals surface area contributed by atoms with Gasteiger partial charge in [-0.2, -0.15) is 0 Å². The minimum absolute atomic E-state index is 0.0517. The molecule has 0 aliphatic rings. The maximum atomic E-state index is 12.3. The molecule has 0 aliphatic heterocycles. The van der Waals surface area contributed by atoms with Crippen LogP contribution in [-0.4, -0.2) is 27.2 Å². The molecule has 0 bridgehead atoms. The number of ether oxygens (including phenoxy) is 1. The highest BCUT2D eigenvalue weighted by molar-refractivity contribution is 14.1. The standard InChI is InChI=1S/C16H16ClIN2O4S/c1-3-25(22,23)20-14-7-5-11(9-15(14)24-2)19-16(21)10-4-6-12(17)13(18)8-10/h4-9,20H,3H2,1-2H3,(H,19,21). The molecule has 0 saturated carbocycles. The first-order chi connectivity index (χ1) is 11.8. The molecule has 6 nitrogen and oxygen atoms in total. The van der Waals surface area contributed by atoms with E-state index >= 15 is 0 Å². The van der Waals surface area contributed by atoms with E-state index in [9.17, 15) is 13.2 Å². The van der Waals surface area contributed by atoms with Crippen molar-refractivity contribution in [1.29, 1.82) is 0 Å². The first kappa shape index (κ1) is 19.8. The van der Waals surface area contributed by atoms with Gasteiger partial charge in [0.1, 0.15) is 5.75 Å². The van der Waals surface area contributed by atoms with Gasteiger partial charge in [0.25, 0.3) is 5.91 Å². The Balaban J connectivity index is 2.22. The SMILES string of the molecule is CCS(=O)(=O)Nc1ccc(NC(=O)c2ccc(Cl)c(I)c2)cc1OC. The van der Waals surface area contributed by atoms with Gasteiger partial charge in [-0.1, -0.05) is 11.6 Å². The van der Waals surface area contributed by atoms with Gasteiger partial charge in [0.05, 0.1) is 23.6 Å². The molecule has 0 radical (unpaired) electrons. The lowest BCUT2D eigenvalue weighted by Crippen LogP contribution is -2.16. The van der Waals surface area contributed by atoms with Crippen molar-refractivity contribution >= 4 is 61.5 Å². The number of amides is 1. The highest BCUT2D eigenvalue weighted by Crippen LogP contribution is 2.29. The molecule has 25 heavy (non-hydrogen) atoms. The number of anilines is 2. The Bertz CT molecular complexity index is 903. The summed E-state index contributed by atoms with van der Waals surface area (Å²) >= 11 is 8.00. The Kier molecular flexibility index (Phi) is 6.53. The highest BCUT2D eigenvalue weighted by atomic mass is 127. The monoisotopic (exact) mass is 494 g/mol. The number of carbonyl (C=O) groups is 1. The van der Waals surface area contributed by atoms with Crippen LogP contribution in [0.3, 0.4) is 0 Å². The summed E-state index contributed by atoms with van der Waals surface area (Å²) in [5.74, 6) is -0.0526. The average molecular weight is 495 g/mol. The molecular formula is C16H16ClIN2O4S. The van der Waals surface area contributed by atoms with Crippen LogP contribution in [-0.2, 0) is 10.0 Å². The fourth-order valence-electron chi connectivity index (χ4n) is 1.93. The van der Waals surface area contributed by atoms with Crippen LogP contribution < -0.4 is 14.8 Å². The fraction of sp³-hybridized carbons (Fsp3) is 0.188. The largest absolute Gasteiger partial charge is 0.494 e. The van der Waals surface area contributed by atoms with Gasteiger partial charge in [-0.05, 0) is 59.8 Å². The highest BCUT2D eigenvalue weighted by Gasteiger charge is 2.13. The molecule has 0 aliphatic carbocycles. The summed E-state index contributed by atoms with van der Waals surface area (Å²) in [6, 6.07) is 9.63. The van der Waals surface area contributed by atoms with E-state index in [2.05, 4.69) is 10.0 Å². The molecule has 2 rings (SSSR count). The summed E-state index contributed by atoms with van der Waals surface area (Å²) in [6.45, 7) is 1.54. The number of methoxy groups -OCH3 is 1. The van der Waals surface area contributed by atoms with Crippen LogP contribution in [0.2, 0.25) is 5.02 Å². The van der Waals surface area contributed by atoms with Crippen LogP contribution in [0, 0.1) is 3.57 Å². The molecule has 0 spiro atoms. The first-order valence-electron chi connectivity index (χ1n) is 7.20. The molecule has 1 amide bonds. The topological polar surface area (TPSA) is 84.5 Å². The summed E-state index contributed by atoms with van der Waals surface area (Å²) in [7, 11) is -2.00. The second-order valence-corrected chi connectivity index (χ2v) is 8.58. The van der Waals surface area contributed by atoms with Crippen molar-refractivity contribution in [3.05, 3.63) is 50.6 Å². The molecule has 0 atom stereocenters. The average Bonchev–Trinajstić information content (AvgIpc) is 2.58. The van der Waals surface area contributed by atoms with Crippen LogP contribution >= 0.6 is 34.2 Å². The Morgan fingerprint density at radius 1 is 1.24 bits per heavy atom. The predicted molar refractivity (Wildman–Crippen MR) is 108 cm³/mol. The number of hydrogen-bond donors (Lipinski definition) is 2. The molecule has 2 aromatic carbocycles. The molecule has 0 unspecified atom stereocenters. The van der Waals surface area contributed by atoms with Crippen LogP contribution in [0.25, 0.3) is 0 Å². The Morgan fingerprint density at radius 3 is 2.56 bits per heavy atom. The molecule has 2 N–H and O–H groups in total. The molecule has 2 aromatic rings. The van der Waals surface area contributed by atoms with E-state index in [4.69, 9.17) is 16.3 Å². The number of halogens is 2. The predicted octanol–water partition coefficient (Wildman–Crippen LogP) is 3.97. The Hall–Kier alpha value is -1.52. The quantitative estimate of drug-likeness (QED) is 0.595. The van der Waals surface area contributed by atoms with Crippen molar-refractivity contribution in [2.24, 2.45) is 0 Å². The molecule has 0 heterocycles. The fourth-order valence-corrected chi connectivity index (χ4v) is 3.21. The van der Waals surface area contributed by atoms with Crippen molar-refractivity contribution in [3.63, 3.8) is 0 Å². The van der Waals surface area contributed by atoms with Crippen LogP contribution in [0.5, 0.6) is 5.75 Å². The van der Waals surface area contributed by atoms with Gasteiger partial charge in [0, 0.05) is 20.9 Å². The lowest BCUT2D eigenvalue weighted by Gasteiger charge is -2.13. The maximum absolute atomic E-state index is 12.3. The van der Waals surface area contributed by atoms with E-state index in [0.717, 1.165) is 3.57 Å². The van der Waals surface area contributed by atoms with E-state index in [1.807, 2.05) is 22.6 Å². The van der Waals surface area contributed by atoms with Crippen molar-refractivity contribution in [2.45, 2.75) is 6.92 Å². The number of benzene rings is 2. The second-order valence-electron chi connectivity index (χ2n) is 5.00. The summed E-state index contributed by atoms with van der Waals surface area (Å²) in [6.07, 6.45) is 0. The van der Waals surface area contributed by atoms with Crippen molar-refractivity contribution in [1.82, 2.24) is 0 Å². The van der Waals surface area contributed by atoms with Gasteiger partial charge in [0.2, 0.25) is 10.0 Å². The second kappa shape index (κ2) is 8.24. The molecule has 134 valence electrons. The summed E-state index contributed by atoms with van der Waals surface area (Å²) in [5, 5.41) is 3.32. The molecule has 0 saturated heterocycles. The number of nitrogens with one attached hydrogen (secondary N) is 2. The minimum Gasteiger partial charge on any atom is -0.494 e. The molecule has 0 aromatic heterocycles. The van der Waals surface area contributed by atoms with Gasteiger partial charge >= 0.3 is 0 Å². The van der Waals surface area contributed by atoms with Crippen molar-refractivity contribution in [3.8, 4) is 5.75 Å². The Labute approximate surface area is 165 Å². The van der Waals surface area contributed by atoms with E-state index in [1.165, 1.54) is 20.1 Å². The van der Waals surface area contributed by atoms with Crippen molar-refractivity contribution < 1.29 is 17.9 Å². The van der Waals surface area contributed by atoms with Gasteiger partial charge in [-0.15, -0.1) is 0 Å². The van der Waals surface area contributed by atoms with E-state index in [1.54, 1.807) is 30.3 Å². The number of hydrogen-bond acceptors (Lipinski definition) is 4. The minimum atomic E-state index is -3.42.